The molecule has 0 aliphatic carbocycles. The molecule has 108 valence electrons. The van der Waals surface area contributed by atoms with Gasteiger partial charge in [0.15, 0.2) is 5.78 Å². The number of H-pyrrole nitrogens is 1. The first-order valence-corrected chi connectivity index (χ1v) is 6.13. The average molecular weight is 313 g/mol. The van der Waals surface area contributed by atoms with Crippen molar-refractivity contribution in [3.63, 3.8) is 0 Å². The first-order chi connectivity index (χ1) is 9.74. The molecular formula is C14H8ClF3N2O. The molecule has 0 atom stereocenters. The van der Waals surface area contributed by atoms with Gasteiger partial charge in [0.1, 0.15) is 6.07 Å². The van der Waals surface area contributed by atoms with Gasteiger partial charge in [-0.05, 0) is 24.3 Å². The molecule has 7 heteroatoms. The van der Waals surface area contributed by atoms with Crippen molar-refractivity contribution in [2.45, 2.75) is 13.1 Å². The third kappa shape index (κ3) is 2.93. The minimum absolute atomic E-state index is 0.0236. The van der Waals surface area contributed by atoms with E-state index in [4.69, 9.17) is 16.9 Å². The third-order valence-electron chi connectivity index (χ3n) is 2.88. The Morgan fingerprint density at radius 3 is 2.52 bits per heavy atom. The number of carbonyl (C=O) groups excluding carboxylic acids is 1. The lowest BCUT2D eigenvalue weighted by atomic mass is 10.1. The predicted molar refractivity (Wildman–Crippen MR) is 71.0 cm³/mol. The number of nitrogens with zero attached hydrogens (tertiary/aromatic N) is 1. The zero-order valence-corrected chi connectivity index (χ0v) is 11.4. The summed E-state index contributed by atoms with van der Waals surface area (Å²) < 4.78 is 38.3. The van der Waals surface area contributed by atoms with E-state index < -0.39 is 11.7 Å². The van der Waals surface area contributed by atoms with Gasteiger partial charge in [0, 0.05) is 17.5 Å². The van der Waals surface area contributed by atoms with Gasteiger partial charge in [-0.2, -0.15) is 18.4 Å². The number of hydrogen-bond acceptors (Lipinski definition) is 2. The zero-order valence-electron chi connectivity index (χ0n) is 10.7. The minimum Gasteiger partial charge on any atom is -0.351 e. The Morgan fingerprint density at radius 2 is 2.00 bits per heavy atom. The number of alkyl halides is 3. The van der Waals surface area contributed by atoms with Crippen molar-refractivity contribution >= 4 is 17.4 Å². The van der Waals surface area contributed by atoms with Crippen LogP contribution in [0.5, 0.6) is 0 Å². The molecule has 0 aliphatic rings. The monoisotopic (exact) mass is 312 g/mol. The summed E-state index contributed by atoms with van der Waals surface area (Å²) in [5, 5.41) is 9.10. The van der Waals surface area contributed by atoms with Crippen LogP contribution in [0, 0.1) is 11.3 Å². The first-order valence-electron chi connectivity index (χ1n) is 5.75. The molecule has 0 spiro atoms. The lowest BCUT2D eigenvalue weighted by Gasteiger charge is -2.10. The van der Waals surface area contributed by atoms with Crippen molar-refractivity contribution in [3.05, 3.63) is 46.1 Å². The normalized spacial score (nSPS) is 11.2. The summed E-state index contributed by atoms with van der Waals surface area (Å²) in [5.41, 5.74) is -0.574. The van der Waals surface area contributed by atoms with Gasteiger partial charge in [0.2, 0.25) is 0 Å². The van der Waals surface area contributed by atoms with Crippen LogP contribution in [0.4, 0.5) is 13.2 Å². The minimum atomic E-state index is -4.53. The van der Waals surface area contributed by atoms with E-state index in [2.05, 4.69) is 4.98 Å². The summed E-state index contributed by atoms with van der Waals surface area (Å²) in [4.78, 5) is 14.0. The SMILES string of the molecule is CC(=O)c1cc(C#N)c(-c2cc(C(F)(F)F)ccc2Cl)[nH]1. The largest absolute Gasteiger partial charge is 0.416 e. The second kappa shape index (κ2) is 5.26. The molecule has 0 unspecified atom stereocenters. The number of carbonyl (C=O) groups is 1. The fourth-order valence-electron chi connectivity index (χ4n) is 1.84. The highest BCUT2D eigenvalue weighted by Gasteiger charge is 2.31. The summed E-state index contributed by atoms with van der Waals surface area (Å²) in [7, 11) is 0. The molecule has 0 bridgehead atoms. The Kier molecular flexibility index (Phi) is 3.79. The highest BCUT2D eigenvalue weighted by molar-refractivity contribution is 6.33. The number of ketones is 1. The van der Waals surface area contributed by atoms with Gasteiger partial charge in [0.05, 0.1) is 22.5 Å². The second-order valence-corrected chi connectivity index (χ2v) is 4.74. The van der Waals surface area contributed by atoms with Gasteiger partial charge in [-0.25, -0.2) is 0 Å². The molecule has 0 aliphatic heterocycles. The van der Waals surface area contributed by atoms with Gasteiger partial charge in [-0.1, -0.05) is 11.6 Å². The van der Waals surface area contributed by atoms with E-state index in [1.54, 1.807) is 0 Å². The van der Waals surface area contributed by atoms with E-state index >= 15 is 0 Å². The molecule has 2 rings (SSSR count). The topological polar surface area (TPSA) is 56.6 Å². The maximum atomic E-state index is 12.8. The van der Waals surface area contributed by atoms with Crippen molar-refractivity contribution in [2.24, 2.45) is 0 Å². The second-order valence-electron chi connectivity index (χ2n) is 4.33. The molecule has 2 aromatic rings. The summed E-state index contributed by atoms with van der Waals surface area (Å²) in [6, 6.07) is 5.92. The fraction of sp³-hybridized carbons (Fsp3) is 0.143. The highest BCUT2D eigenvalue weighted by Crippen LogP contribution is 2.36. The standard InChI is InChI=1S/C14H8ClF3N2O/c1-7(21)12-4-8(6-19)13(20-12)10-5-9(14(16,17)18)2-3-11(10)15/h2-5,20H,1H3. The number of rotatable bonds is 2. The fourth-order valence-corrected chi connectivity index (χ4v) is 2.05. The Balaban J connectivity index is 2.67. The molecule has 1 heterocycles. The number of Topliss-reactive ketones (excluding diaryl/α,β-unsaturated/α-hetero) is 1. The van der Waals surface area contributed by atoms with Crippen molar-refractivity contribution in [2.75, 3.05) is 0 Å². The first kappa shape index (κ1) is 15.1. The van der Waals surface area contributed by atoms with Crippen molar-refractivity contribution in [1.29, 1.82) is 5.26 Å². The van der Waals surface area contributed by atoms with Gasteiger partial charge >= 0.3 is 6.18 Å². The number of benzene rings is 1. The Morgan fingerprint density at radius 1 is 1.33 bits per heavy atom. The van der Waals surface area contributed by atoms with E-state index in [9.17, 15) is 18.0 Å². The van der Waals surface area contributed by atoms with Crippen LogP contribution in [0.2, 0.25) is 5.02 Å². The molecule has 1 aromatic carbocycles. The van der Waals surface area contributed by atoms with Crippen molar-refractivity contribution in [1.82, 2.24) is 4.98 Å². The molecule has 0 radical (unpaired) electrons. The molecular weight excluding hydrogens is 305 g/mol. The molecule has 0 saturated carbocycles. The summed E-state index contributed by atoms with van der Waals surface area (Å²) in [6.07, 6.45) is -4.53. The number of nitrogens with one attached hydrogen (secondary N) is 1. The Bertz CT molecular complexity index is 757. The molecule has 3 nitrogen and oxygen atoms in total. The Hall–Kier alpha value is -2.26. The highest BCUT2D eigenvalue weighted by atomic mass is 35.5. The van der Waals surface area contributed by atoms with Crippen LogP contribution in [-0.4, -0.2) is 10.8 Å². The summed E-state index contributed by atoms with van der Waals surface area (Å²) >= 11 is 5.92. The smallest absolute Gasteiger partial charge is 0.351 e. The molecule has 21 heavy (non-hydrogen) atoms. The van der Waals surface area contributed by atoms with Crippen LogP contribution in [0.25, 0.3) is 11.3 Å². The van der Waals surface area contributed by atoms with E-state index in [1.807, 2.05) is 6.07 Å². The number of aromatic nitrogens is 1. The van der Waals surface area contributed by atoms with Gasteiger partial charge in [0.25, 0.3) is 0 Å². The van der Waals surface area contributed by atoms with E-state index in [0.29, 0.717) is 0 Å². The zero-order chi connectivity index (χ0) is 15.8. The van der Waals surface area contributed by atoms with E-state index in [0.717, 1.165) is 18.2 Å². The maximum absolute atomic E-state index is 12.8. The number of nitriles is 1. The van der Waals surface area contributed by atoms with Gasteiger partial charge in [-0.15, -0.1) is 0 Å². The maximum Gasteiger partial charge on any atom is 0.416 e. The van der Waals surface area contributed by atoms with Crippen molar-refractivity contribution < 1.29 is 18.0 Å². The van der Waals surface area contributed by atoms with Crippen LogP contribution >= 0.6 is 11.6 Å². The summed E-state index contributed by atoms with van der Waals surface area (Å²) in [5.74, 6) is -0.333. The molecule has 0 saturated heterocycles. The predicted octanol–water partition coefficient (Wildman–Crippen LogP) is 4.43. The molecule has 1 N–H and O–H groups in total. The van der Waals surface area contributed by atoms with Crippen LogP contribution in [0.3, 0.4) is 0 Å². The lowest BCUT2D eigenvalue weighted by Crippen LogP contribution is -2.05. The van der Waals surface area contributed by atoms with Crippen LogP contribution < -0.4 is 0 Å². The summed E-state index contributed by atoms with van der Waals surface area (Å²) in [6.45, 7) is 1.28. The van der Waals surface area contributed by atoms with E-state index in [1.165, 1.54) is 13.0 Å². The van der Waals surface area contributed by atoms with Crippen molar-refractivity contribution in [3.8, 4) is 17.3 Å². The quantitative estimate of drug-likeness (QED) is 0.834. The number of aromatic amines is 1. The van der Waals surface area contributed by atoms with E-state index in [-0.39, 0.29) is 33.3 Å². The Labute approximate surface area is 123 Å². The number of hydrogen-bond donors (Lipinski definition) is 1. The molecule has 0 fully saturated rings. The van der Waals surface area contributed by atoms with Gasteiger partial charge in [-0.3, -0.25) is 4.79 Å². The van der Waals surface area contributed by atoms with Crippen LogP contribution in [0.1, 0.15) is 28.5 Å². The number of halogens is 4. The average Bonchev–Trinajstić information content (AvgIpc) is 2.82. The molecule has 0 amide bonds. The van der Waals surface area contributed by atoms with Crippen LogP contribution in [-0.2, 0) is 6.18 Å². The lowest BCUT2D eigenvalue weighted by molar-refractivity contribution is -0.137. The van der Waals surface area contributed by atoms with Crippen LogP contribution in [0.15, 0.2) is 24.3 Å². The third-order valence-corrected chi connectivity index (χ3v) is 3.21. The molecule has 1 aromatic heterocycles. The van der Waals surface area contributed by atoms with Gasteiger partial charge < -0.3 is 4.98 Å².